The van der Waals surface area contributed by atoms with Crippen molar-refractivity contribution in [3.63, 3.8) is 0 Å². The van der Waals surface area contributed by atoms with Crippen LogP contribution in [0.3, 0.4) is 0 Å². The molecule has 0 saturated heterocycles. The lowest BCUT2D eigenvalue weighted by molar-refractivity contribution is 0.0732. The van der Waals surface area contributed by atoms with Crippen LogP contribution in [0.2, 0.25) is 15.2 Å². The first-order valence-corrected chi connectivity index (χ1v) is 9.77. The monoisotopic (exact) mass is 450 g/mol. The number of methoxy groups -OCH3 is 1. The average Bonchev–Trinajstić information content (AvgIpc) is 2.96. The number of rotatable bonds is 4. The molecule has 1 aliphatic heterocycles. The summed E-state index contributed by atoms with van der Waals surface area (Å²) in [5, 5.41) is 0.705. The number of fused-ring (bicyclic) bond motifs is 1. The Hall–Kier alpha value is -2.34. The Bertz CT molecular complexity index is 1110. The highest BCUT2D eigenvalue weighted by molar-refractivity contribution is 6.35. The Morgan fingerprint density at radius 2 is 1.79 bits per heavy atom. The van der Waals surface area contributed by atoms with E-state index in [4.69, 9.17) is 39.5 Å². The molecule has 1 amide bonds. The van der Waals surface area contributed by atoms with Crippen LogP contribution < -0.4 is 4.74 Å². The van der Waals surface area contributed by atoms with Crippen LogP contribution in [0.15, 0.2) is 48.5 Å². The molecule has 0 saturated carbocycles. The highest BCUT2D eigenvalue weighted by Crippen LogP contribution is 2.45. The molecule has 4 nitrogen and oxygen atoms in total. The topological polar surface area (TPSA) is 42.4 Å². The van der Waals surface area contributed by atoms with Gasteiger partial charge in [-0.05, 0) is 42.0 Å². The van der Waals surface area contributed by atoms with Crippen molar-refractivity contribution >= 4 is 40.7 Å². The van der Waals surface area contributed by atoms with Crippen LogP contribution in [0.5, 0.6) is 5.75 Å². The molecule has 0 aliphatic carbocycles. The maximum absolute atomic E-state index is 14.0. The summed E-state index contributed by atoms with van der Waals surface area (Å²) in [5.41, 5.74) is 1.88. The third-order valence-corrected chi connectivity index (χ3v) is 5.64. The number of carbonyl (C=O) groups excluding carboxylic acids is 1. The summed E-state index contributed by atoms with van der Waals surface area (Å²) >= 11 is 18.8. The van der Waals surface area contributed by atoms with Gasteiger partial charge in [0.1, 0.15) is 22.4 Å². The molecular formula is C21H14Cl3FN2O2. The summed E-state index contributed by atoms with van der Waals surface area (Å²) in [6.45, 7) is 0.241. The number of pyridine rings is 1. The number of nitrogens with zero attached hydrogens (tertiary/aromatic N) is 2. The Morgan fingerprint density at radius 3 is 2.48 bits per heavy atom. The Morgan fingerprint density at radius 1 is 1.07 bits per heavy atom. The van der Waals surface area contributed by atoms with Crippen molar-refractivity contribution in [2.24, 2.45) is 0 Å². The van der Waals surface area contributed by atoms with Crippen molar-refractivity contribution in [2.45, 2.75) is 12.6 Å². The third-order valence-electron chi connectivity index (χ3n) is 4.79. The quantitative estimate of drug-likeness (QED) is 0.461. The first kappa shape index (κ1) is 20.0. The van der Waals surface area contributed by atoms with E-state index in [0.29, 0.717) is 21.9 Å². The van der Waals surface area contributed by atoms with Gasteiger partial charge in [0, 0.05) is 22.7 Å². The van der Waals surface area contributed by atoms with E-state index in [9.17, 15) is 9.18 Å². The normalized spacial score (nSPS) is 15.6. The average molecular weight is 452 g/mol. The van der Waals surface area contributed by atoms with E-state index >= 15 is 0 Å². The molecule has 0 radical (unpaired) electrons. The van der Waals surface area contributed by atoms with Crippen molar-refractivity contribution in [3.05, 3.63) is 91.9 Å². The fourth-order valence-corrected chi connectivity index (χ4v) is 4.23. The van der Waals surface area contributed by atoms with E-state index in [1.54, 1.807) is 24.1 Å². The van der Waals surface area contributed by atoms with Gasteiger partial charge in [-0.15, -0.1) is 0 Å². The lowest BCUT2D eigenvalue weighted by Crippen LogP contribution is -2.28. The van der Waals surface area contributed by atoms with Gasteiger partial charge in [0.05, 0.1) is 18.2 Å². The fourth-order valence-electron chi connectivity index (χ4n) is 3.47. The predicted molar refractivity (Wildman–Crippen MR) is 110 cm³/mol. The van der Waals surface area contributed by atoms with Crippen molar-refractivity contribution in [2.75, 3.05) is 7.11 Å². The summed E-state index contributed by atoms with van der Waals surface area (Å²) < 4.78 is 19.2. The second kappa shape index (κ2) is 7.82. The van der Waals surface area contributed by atoms with Gasteiger partial charge in [-0.3, -0.25) is 4.79 Å². The lowest BCUT2D eigenvalue weighted by Gasteiger charge is -2.27. The van der Waals surface area contributed by atoms with E-state index in [1.807, 2.05) is 12.1 Å². The van der Waals surface area contributed by atoms with Crippen LogP contribution >= 0.6 is 34.8 Å². The van der Waals surface area contributed by atoms with Gasteiger partial charge in [0.2, 0.25) is 0 Å². The molecule has 0 spiro atoms. The number of carbonyl (C=O) groups is 1. The second-order valence-electron chi connectivity index (χ2n) is 6.54. The van der Waals surface area contributed by atoms with E-state index in [-0.39, 0.29) is 28.3 Å². The molecule has 2 heterocycles. The third kappa shape index (κ3) is 3.66. The smallest absolute Gasteiger partial charge is 0.274 e. The van der Waals surface area contributed by atoms with Crippen molar-refractivity contribution in [3.8, 4) is 5.75 Å². The molecule has 8 heteroatoms. The molecule has 0 fully saturated rings. The molecule has 2 aromatic carbocycles. The highest BCUT2D eigenvalue weighted by atomic mass is 35.5. The fraction of sp³-hybridized carbons (Fsp3) is 0.143. The zero-order valence-electron chi connectivity index (χ0n) is 15.1. The molecule has 1 aliphatic rings. The SMILES string of the molecule is COc1ccc(CN2C(=O)c3nc(Cl)cc(Cl)c3C2c2cc(F)ccc2Cl)cc1. The predicted octanol–water partition coefficient (Wildman–Crippen LogP) is 5.93. The Balaban J connectivity index is 1.85. The standard InChI is InChI=1S/C21H14Cl3FN2O2/c1-29-13-5-2-11(3-6-13)10-27-20(14-8-12(25)4-7-15(14)22)18-16(23)9-17(24)26-19(18)21(27)28/h2-9,20H,10H2,1H3. The van der Waals surface area contributed by atoms with Gasteiger partial charge in [0.25, 0.3) is 5.91 Å². The van der Waals surface area contributed by atoms with Gasteiger partial charge in [0.15, 0.2) is 0 Å². The van der Waals surface area contributed by atoms with Gasteiger partial charge < -0.3 is 9.64 Å². The van der Waals surface area contributed by atoms with Crippen molar-refractivity contribution in [1.82, 2.24) is 9.88 Å². The first-order valence-electron chi connectivity index (χ1n) is 8.64. The highest BCUT2D eigenvalue weighted by Gasteiger charge is 2.42. The lowest BCUT2D eigenvalue weighted by atomic mass is 9.99. The molecule has 4 rings (SSSR count). The maximum atomic E-state index is 14.0. The molecule has 1 atom stereocenters. The molecule has 0 bridgehead atoms. The van der Waals surface area contributed by atoms with E-state index in [0.717, 1.165) is 5.56 Å². The van der Waals surface area contributed by atoms with Crippen LogP contribution in [0, 0.1) is 5.82 Å². The number of halogens is 4. The van der Waals surface area contributed by atoms with Crippen LogP contribution in [-0.4, -0.2) is 22.9 Å². The summed E-state index contributed by atoms with van der Waals surface area (Å²) in [5.74, 6) is -0.121. The summed E-state index contributed by atoms with van der Waals surface area (Å²) in [6.07, 6.45) is 0. The minimum atomic E-state index is -0.694. The summed E-state index contributed by atoms with van der Waals surface area (Å²) in [6, 6.07) is 12.1. The number of hydrogen-bond donors (Lipinski definition) is 0. The molecule has 148 valence electrons. The zero-order chi connectivity index (χ0) is 20.7. The van der Waals surface area contributed by atoms with Gasteiger partial charge >= 0.3 is 0 Å². The van der Waals surface area contributed by atoms with Crippen LogP contribution in [0.25, 0.3) is 0 Å². The number of hydrogen-bond acceptors (Lipinski definition) is 3. The van der Waals surface area contributed by atoms with Gasteiger partial charge in [-0.25, -0.2) is 9.37 Å². The van der Waals surface area contributed by atoms with Crippen LogP contribution in [0.1, 0.15) is 33.2 Å². The molecule has 3 aromatic rings. The van der Waals surface area contributed by atoms with Crippen LogP contribution in [-0.2, 0) is 6.54 Å². The largest absolute Gasteiger partial charge is 0.497 e. The van der Waals surface area contributed by atoms with Gasteiger partial charge in [-0.1, -0.05) is 46.9 Å². The maximum Gasteiger partial charge on any atom is 0.274 e. The molecule has 29 heavy (non-hydrogen) atoms. The van der Waals surface area contributed by atoms with E-state index in [2.05, 4.69) is 4.98 Å². The molecule has 1 unspecified atom stereocenters. The minimum absolute atomic E-state index is 0.109. The number of ether oxygens (including phenoxy) is 1. The molecular weight excluding hydrogens is 438 g/mol. The molecule has 0 N–H and O–H groups in total. The Labute approximate surface area is 181 Å². The first-order chi connectivity index (χ1) is 13.9. The number of aromatic nitrogens is 1. The van der Waals surface area contributed by atoms with Crippen molar-refractivity contribution < 1.29 is 13.9 Å². The van der Waals surface area contributed by atoms with Crippen LogP contribution in [0.4, 0.5) is 4.39 Å². The zero-order valence-corrected chi connectivity index (χ0v) is 17.4. The van der Waals surface area contributed by atoms with Gasteiger partial charge in [-0.2, -0.15) is 0 Å². The second-order valence-corrected chi connectivity index (χ2v) is 7.74. The summed E-state index contributed by atoms with van der Waals surface area (Å²) in [7, 11) is 1.58. The molecule has 1 aromatic heterocycles. The Kier molecular flexibility index (Phi) is 5.38. The van der Waals surface area contributed by atoms with E-state index < -0.39 is 11.9 Å². The summed E-state index contributed by atoms with van der Waals surface area (Å²) in [4.78, 5) is 18.9. The minimum Gasteiger partial charge on any atom is -0.497 e. The van der Waals surface area contributed by atoms with E-state index in [1.165, 1.54) is 24.3 Å². The number of amides is 1. The number of benzene rings is 2. The van der Waals surface area contributed by atoms with Crippen molar-refractivity contribution in [1.29, 1.82) is 0 Å².